The van der Waals surface area contributed by atoms with Gasteiger partial charge in [-0.3, -0.25) is 4.79 Å². The maximum absolute atomic E-state index is 11.8. The number of cyclic esters (lactones) is 1. The quantitative estimate of drug-likeness (QED) is 0.621. The van der Waals surface area contributed by atoms with E-state index in [4.69, 9.17) is 9.84 Å². The lowest BCUT2D eigenvalue weighted by atomic mass is 9.90. The summed E-state index contributed by atoms with van der Waals surface area (Å²) in [5.41, 5.74) is 4.15. The largest absolute Gasteiger partial charge is 0.507 e. The molecule has 1 aromatic carbocycles. The van der Waals surface area contributed by atoms with Crippen molar-refractivity contribution in [2.24, 2.45) is 0 Å². The molecular formula is C18H20O5. The van der Waals surface area contributed by atoms with Gasteiger partial charge in [-0.2, -0.15) is 0 Å². The van der Waals surface area contributed by atoms with E-state index in [2.05, 4.69) is 6.58 Å². The zero-order valence-electron chi connectivity index (χ0n) is 13.3. The van der Waals surface area contributed by atoms with Crippen molar-refractivity contribution in [1.29, 1.82) is 0 Å². The van der Waals surface area contributed by atoms with Gasteiger partial charge in [-0.05, 0) is 37.8 Å². The molecule has 0 aromatic heterocycles. The molecular weight excluding hydrogens is 296 g/mol. The summed E-state index contributed by atoms with van der Waals surface area (Å²) in [5, 5.41) is 19.2. The van der Waals surface area contributed by atoms with Gasteiger partial charge in [-0.25, -0.2) is 4.79 Å². The summed E-state index contributed by atoms with van der Waals surface area (Å²) in [6.45, 7) is 7.68. The minimum absolute atomic E-state index is 0.0646. The van der Waals surface area contributed by atoms with Crippen molar-refractivity contribution in [3.8, 4) is 5.75 Å². The van der Waals surface area contributed by atoms with Crippen molar-refractivity contribution in [1.82, 2.24) is 0 Å². The first-order valence-electron chi connectivity index (χ1n) is 7.41. The van der Waals surface area contributed by atoms with Crippen LogP contribution in [0.1, 0.15) is 52.4 Å². The fourth-order valence-corrected chi connectivity index (χ4v) is 2.77. The van der Waals surface area contributed by atoms with Crippen LogP contribution in [0, 0.1) is 6.92 Å². The number of fused-ring (bicyclic) bond motifs is 1. The first-order valence-corrected chi connectivity index (χ1v) is 7.41. The molecule has 5 heteroatoms. The van der Waals surface area contributed by atoms with E-state index in [-0.39, 0.29) is 24.3 Å². The summed E-state index contributed by atoms with van der Waals surface area (Å²) in [4.78, 5) is 22.4. The predicted molar refractivity (Wildman–Crippen MR) is 86.4 cm³/mol. The average Bonchev–Trinajstić information content (AvgIpc) is 2.89. The lowest BCUT2D eigenvalue weighted by Gasteiger charge is -2.14. The number of aliphatic carboxylic acids is 1. The van der Waals surface area contributed by atoms with Crippen LogP contribution in [0.15, 0.2) is 18.2 Å². The van der Waals surface area contributed by atoms with Crippen molar-refractivity contribution in [3.05, 3.63) is 46.0 Å². The van der Waals surface area contributed by atoms with E-state index in [1.807, 2.05) is 19.9 Å². The molecule has 0 aliphatic carbocycles. The van der Waals surface area contributed by atoms with Gasteiger partial charge in [0, 0.05) is 17.5 Å². The highest BCUT2D eigenvalue weighted by Gasteiger charge is 2.30. The second-order valence-corrected chi connectivity index (χ2v) is 5.65. The van der Waals surface area contributed by atoms with E-state index in [9.17, 15) is 14.7 Å². The second kappa shape index (κ2) is 6.69. The van der Waals surface area contributed by atoms with E-state index >= 15 is 0 Å². The molecule has 0 bridgehead atoms. The number of phenols is 1. The highest BCUT2D eigenvalue weighted by molar-refractivity contribution is 5.98. The Morgan fingerprint density at radius 1 is 1.39 bits per heavy atom. The summed E-state index contributed by atoms with van der Waals surface area (Å²) >= 11 is 0. The van der Waals surface area contributed by atoms with Crippen LogP contribution in [0.5, 0.6) is 5.75 Å². The third-order valence-electron chi connectivity index (χ3n) is 4.15. The van der Waals surface area contributed by atoms with Crippen LogP contribution in [0.2, 0.25) is 0 Å². The topological polar surface area (TPSA) is 83.8 Å². The van der Waals surface area contributed by atoms with Crippen molar-refractivity contribution < 1.29 is 24.5 Å². The molecule has 2 rings (SSSR count). The molecule has 0 amide bonds. The summed E-state index contributed by atoms with van der Waals surface area (Å²) in [6, 6.07) is 0. The maximum Gasteiger partial charge on any atom is 0.342 e. The smallest absolute Gasteiger partial charge is 0.342 e. The first kappa shape index (κ1) is 16.8. The summed E-state index contributed by atoms with van der Waals surface area (Å²) in [7, 11) is 0. The van der Waals surface area contributed by atoms with Crippen LogP contribution >= 0.6 is 0 Å². The molecule has 2 N–H and O–H groups in total. The van der Waals surface area contributed by atoms with Gasteiger partial charge in [-0.1, -0.05) is 24.3 Å². The lowest BCUT2D eigenvalue weighted by Crippen LogP contribution is -2.02. The number of hydrogen-bond acceptors (Lipinski definition) is 4. The van der Waals surface area contributed by atoms with E-state index < -0.39 is 11.9 Å². The molecule has 0 radical (unpaired) electrons. The van der Waals surface area contributed by atoms with Crippen LogP contribution in [-0.2, 0) is 22.6 Å². The monoisotopic (exact) mass is 316 g/mol. The second-order valence-electron chi connectivity index (χ2n) is 5.65. The number of phenolic OH excluding ortho intramolecular Hbond substituents is 1. The number of rotatable bonds is 6. The Labute approximate surface area is 134 Å². The molecule has 23 heavy (non-hydrogen) atoms. The zero-order valence-corrected chi connectivity index (χ0v) is 13.3. The van der Waals surface area contributed by atoms with Gasteiger partial charge < -0.3 is 14.9 Å². The van der Waals surface area contributed by atoms with Crippen molar-refractivity contribution in [3.63, 3.8) is 0 Å². The Balaban J connectivity index is 2.39. The number of ether oxygens (including phenoxy) is 1. The first-order chi connectivity index (χ1) is 10.9. The fourth-order valence-electron chi connectivity index (χ4n) is 2.77. The number of esters is 1. The fraction of sp³-hybridized carbons (Fsp3) is 0.333. The molecule has 0 spiro atoms. The lowest BCUT2D eigenvalue weighted by molar-refractivity contribution is -0.136. The van der Waals surface area contributed by atoms with Crippen LogP contribution in [0.3, 0.4) is 0 Å². The van der Waals surface area contributed by atoms with E-state index in [0.717, 1.165) is 16.7 Å². The van der Waals surface area contributed by atoms with Gasteiger partial charge in [0.1, 0.15) is 17.9 Å². The molecule has 1 heterocycles. The summed E-state index contributed by atoms with van der Waals surface area (Å²) < 4.78 is 5.02. The molecule has 1 aliphatic heterocycles. The van der Waals surface area contributed by atoms with Crippen LogP contribution < -0.4 is 0 Å². The molecule has 0 atom stereocenters. The highest BCUT2D eigenvalue weighted by Crippen LogP contribution is 2.38. The molecule has 0 saturated carbocycles. The summed E-state index contributed by atoms with van der Waals surface area (Å²) in [5.74, 6) is -1.42. The molecule has 0 fully saturated rings. The Morgan fingerprint density at radius 2 is 2.09 bits per heavy atom. The van der Waals surface area contributed by atoms with Gasteiger partial charge in [0.2, 0.25) is 0 Å². The number of carbonyl (C=O) groups excluding carboxylic acids is 1. The Kier molecular flexibility index (Phi) is 4.89. The van der Waals surface area contributed by atoms with Crippen molar-refractivity contribution in [2.45, 2.75) is 39.7 Å². The number of carboxylic acids is 1. The van der Waals surface area contributed by atoms with Crippen LogP contribution in [0.25, 0.3) is 6.08 Å². The van der Waals surface area contributed by atoms with Gasteiger partial charge in [0.15, 0.2) is 0 Å². The van der Waals surface area contributed by atoms with Gasteiger partial charge in [-0.15, -0.1) is 0 Å². The number of benzene rings is 1. The highest BCUT2D eigenvalue weighted by atomic mass is 16.5. The predicted octanol–water partition coefficient (Wildman–Crippen LogP) is 3.37. The van der Waals surface area contributed by atoms with E-state index in [0.29, 0.717) is 24.0 Å². The van der Waals surface area contributed by atoms with Gasteiger partial charge in [0.25, 0.3) is 0 Å². The number of hydrogen-bond donors (Lipinski definition) is 2. The molecule has 1 aliphatic rings. The minimum Gasteiger partial charge on any atom is -0.507 e. The van der Waals surface area contributed by atoms with Crippen molar-refractivity contribution >= 4 is 18.0 Å². The third kappa shape index (κ3) is 3.28. The number of carboxylic acid groups (broad SMARTS) is 1. The van der Waals surface area contributed by atoms with Gasteiger partial charge in [0.05, 0.1) is 0 Å². The minimum atomic E-state index is -0.844. The standard InChI is InChI=1S/C18H20O5/c1-4-12-11(3)14-9-23-18(22)16(14)17(21)13(12)7-5-10(2)6-8-15(19)20/h4-5,21H,1,6-9H2,2-3H3,(H,19,20). The molecule has 5 nitrogen and oxygen atoms in total. The molecule has 1 aromatic rings. The normalized spacial score (nSPS) is 13.7. The number of carbonyl (C=O) groups is 2. The third-order valence-corrected chi connectivity index (χ3v) is 4.15. The SMILES string of the molecule is C=Cc1c(C)c2c(c(O)c1CC=C(C)CCC(=O)O)C(=O)OC2. The van der Waals surface area contributed by atoms with E-state index in [1.165, 1.54) is 0 Å². The van der Waals surface area contributed by atoms with Crippen LogP contribution in [-0.4, -0.2) is 22.2 Å². The molecule has 122 valence electrons. The Hall–Kier alpha value is -2.56. The Morgan fingerprint density at radius 3 is 2.70 bits per heavy atom. The molecule has 0 saturated heterocycles. The summed E-state index contributed by atoms with van der Waals surface area (Å²) in [6.07, 6.45) is 4.45. The molecule has 0 unspecified atom stereocenters. The van der Waals surface area contributed by atoms with Crippen molar-refractivity contribution in [2.75, 3.05) is 0 Å². The average molecular weight is 316 g/mol. The van der Waals surface area contributed by atoms with Crippen LogP contribution in [0.4, 0.5) is 0 Å². The zero-order chi connectivity index (χ0) is 17.1. The Bertz CT molecular complexity index is 713. The van der Waals surface area contributed by atoms with E-state index in [1.54, 1.807) is 6.08 Å². The maximum atomic E-state index is 11.8. The number of allylic oxidation sites excluding steroid dienone is 2. The number of aromatic hydroxyl groups is 1. The van der Waals surface area contributed by atoms with Gasteiger partial charge >= 0.3 is 11.9 Å².